The highest BCUT2D eigenvalue weighted by atomic mass is 16.5. The first kappa shape index (κ1) is 23.6. The Hall–Kier alpha value is -3.11. The first-order chi connectivity index (χ1) is 15.4. The lowest BCUT2D eigenvalue weighted by Gasteiger charge is -2.35. The van der Waals surface area contributed by atoms with Crippen LogP contribution in [0.5, 0.6) is 11.5 Å². The molecule has 4 rings (SSSR count). The van der Waals surface area contributed by atoms with Gasteiger partial charge in [-0.1, -0.05) is 0 Å². The first-order valence-electron chi connectivity index (χ1n) is 10.4. The van der Waals surface area contributed by atoms with Crippen LogP contribution in [0, 0.1) is 0 Å². The van der Waals surface area contributed by atoms with Crippen molar-refractivity contribution in [3.8, 4) is 22.9 Å². The first-order valence-corrected chi connectivity index (χ1v) is 10.4. The number of carboxylic acid groups (broad SMARTS) is 1. The van der Waals surface area contributed by atoms with Crippen LogP contribution in [0.1, 0.15) is 18.9 Å². The fourth-order valence-electron chi connectivity index (χ4n) is 4.31. The van der Waals surface area contributed by atoms with E-state index >= 15 is 0 Å². The standard InChI is InChI=1S/C21H28N4O4.CH2O2/c1-23(2)20(27)10-17-12-24-11-14(8-15(24)13-29-17)25-7-6-22-21(25)18-9-16(26)4-5-19(18)28-3;2-1-3/h4-7,9,14-15,17,26H,8,10-13H2,1-3H3;1H,(H,2,3)/t14-,15+,17+;/m1./s1. The molecule has 10 nitrogen and oxygen atoms in total. The number of carbonyl (C=O) groups is 2. The van der Waals surface area contributed by atoms with Gasteiger partial charge in [0.1, 0.15) is 17.3 Å². The molecule has 10 heteroatoms. The summed E-state index contributed by atoms with van der Waals surface area (Å²) in [5.41, 5.74) is 0.771. The molecule has 2 N–H and O–H groups in total. The lowest BCUT2D eigenvalue weighted by molar-refractivity contribution is -0.134. The minimum absolute atomic E-state index is 0.0617. The number of imidazole rings is 1. The number of fused-ring (bicyclic) bond motifs is 1. The molecular weight excluding hydrogens is 416 g/mol. The van der Waals surface area contributed by atoms with Crippen LogP contribution in [0.15, 0.2) is 30.6 Å². The van der Waals surface area contributed by atoms with Crippen molar-refractivity contribution in [2.45, 2.75) is 31.0 Å². The van der Waals surface area contributed by atoms with E-state index < -0.39 is 0 Å². The quantitative estimate of drug-likeness (QED) is 0.663. The number of methoxy groups -OCH3 is 1. The molecule has 0 saturated carbocycles. The Morgan fingerprint density at radius 2 is 2.09 bits per heavy atom. The van der Waals surface area contributed by atoms with Gasteiger partial charge in [-0.2, -0.15) is 0 Å². The van der Waals surface area contributed by atoms with Crippen LogP contribution in [0.25, 0.3) is 11.4 Å². The number of morpholine rings is 1. The van der Waals surface area contributed by atoms with E-state index in [4.69, 9.17) is 19.4 Å². The Balaban J connectivity index is 0.000000913. The van der Waals surface area contributed by atoms with Crippen molar-refractivity contribution in [1.29, 1.82) is 0 Å². The third-order valence-corrected chi connectivity index (χ3v) is 5.86. The monoisotopic (exact) mass is 446 g/mol. The van der Waals surface area contributed by atoms with Crippen LogP contribution in [0.2, 0.25) is 0 Å². The Kier molecular flexibility index (Phi) is 7.70. The highest BCUT2D eigenvalue weighted by Gasteiger charge is 2.39. The molecule has 3 heterocycles. The molecule has 3 atom stereocenters. The summed E-state index contributed by atoms with van der Waals surface area (Å²) in [5, 5.41) is 16.8. The second-order valence-electron chi connectivity index (χ2n) is 8.09. The van der Waals surface area contributed by atoms with E-state index in [0.717, 1.165) is 30.9 Å². The maximum absolute atomic E-state index is 12.0. The molecular formula is C22H30N4O6. The molecule has 0 spiro atoms. The normalized spacial score (nSPS) is 22.4. The van der Waals surface area contributed by atoms with E-state index in [9.17, 15) is 9.90 Å². The molecule has 1 amide bonds. The van der Waals surface area contributed by atoms with Gasteiger partial charge in [0.15, 0.2) is 0 Å². The Labute approximate surface area is 187 Å². The second kappa shape index (κ2) is 10.5. The van der Waals surface area contributed by atoms with E-state index in [0.29, 0.717) is 24.8 Å². The zero-order valence-electron chi connectivity index (χ0n) is 18.5. The maximum atomic E-state index is 12.0. The molecule has 1 aromatic carbocycles. The van der Waals surface area contributed by atoms with Crippen LogP contribution < -0.4 is 4.74 Å². The summed E-state index contributed by atoms with van der Waals surface area (Å²) in [7, 11) is 5.16. The largest absolute Gasteiger partial charge is 0.508 e. The number of aromatic nitrogens is 2. The molecule has 1 aromatic heterocycles. The lowest BCUT2D eigenvalue weighted by Crippen LogP contribution is -2.47. The van der Waals surface area contributed by atoms with Gasteiger partial charge in [-0.15, -0.1) is 0 Å². The number of phenolic OH excluding ortho intramolecular Hbond substituents is 1. The van der Waals surface area contributed by atoms with Crippen molar-refractivity contribution in [2.75, 3.05) is 40.9 Å². The van der Waals surface area contributed by atoms with Gasteiger partial charge in [-0.25, -0.2) is 4.98 Å². The summed E-state index contributed by atoms with van der Waals surface area (Å²) in [4.78, 5) is 29.0. The van der Waals surface area contributed by atoms with E-state index in [2.05, 4.69) is 14.5 Å². The smallest absolute Gasteiger partial charge is 0.290 e. The van der Waals surface area contributed by atoms with Crippen molar-refractivity contribution in [1.82, 2.24) is 19.4 Å². The number of rotatable bonds is 5. The van der Waals surface area contributed by atoms with Gasteiger partial charge in [0.05, 0.1) is 31.8 Å². The molecule has 2 aliphatic heterocycles. The van der Waals surface area contributed by atoms with Gasteiger partial charge in [0.25, 0.3) is 6.47 Å². The van der Waals surface area contributed by atoms with Crippen LogP contribution >= 0.6 is 0 Å². The topological polar surface area (TPSA) is 117 Å². The SMILES string of the molecule is COc1ccc(O)cc1-c1nccn1[C@@H]1C[C@H]2CO[C@@H](CC(=O)N(C)C)CN2C1.O=CO. The predicted octanol–water partition coefficient (Wildman–Crippen LogP) is 1.46. The molecule has 0 unspecified atom stereocenters. The number of aromatic hydroxyl groups is 1. The van der Waals surface area contributed by atoms with Crippen molar-refractivity contribution in [3.63, 3.8) is 0 Å². The van der Waals surface area contributed by atoms with Crippen molar-refractivity contribution in [2.24, 2.45) is 0 Å². The third-order valence-electron chi connectivity index (χ3n) is 5.86. The third kappa shape index (κ3) is 5.20. The fraction of sp³-hybridized carbons (Fsp3) is 0.500. The summed E-state index contributed by atoms with van der Waals surface area (Å²) >= 11 is 0. The zero-order valence-corrected chi connectivity index (χ0v) is 18.5. The van der Waals surface area contributed by atoms with Crippen molar-refractivity contribution >= 4 is 12.4 Å². The number of phenols is 1. The average Bonchev–Trinajstić information content (AvgIpc) is 3.40. The van der Waals surface area contributed by atoms with Crippen LogP contribution in [-0.4, -0.2) is 95.0 Å². The average molecular weight is 447 g/mol. The summed E-state index contributed by atoms with van der Waals surface area (Å²) in [6, 6.07) is 5.63. The number of benzene rings is 1. The summed E-state index contributed by atoms with van der Waals surface area (Å²) < 4.78 is 13.6. The van der Waals surface area contributed by atoms with Gasteiger partial charge < -0.3 is 29.2 Å². The number of hydrogen-bond donors (Lipinski definition) is 2. The van der Waals surface area contributed by atoms with Gasteiger partial charge in [0.2, 0.25) is 5.91 Å². The zero-order chi connectivity index (χ0) is 23.3. The number of ether oxygens (including phenoxy) is 2. The molecule has 32 heavy (non-hydrogen) atoms. The number of carbonyl (C=O) groups excluding carboxylic acids is 1. The Bertz CT molecular complexity index is 931. The van der Waals surface area contributed by atoms with E-state index in [-0.39, 0.29) is 30.3 Å². The minimum atomic E-state index is -0.250. The maximum Gasteiger partial charge on any atom is 0.290 e. The number of amides is 1. The van der Waals surface area contributed by atoms with E-state index in [1.54, 1.807) is 50.5 Å². The number of hydrogen-bond acceptors (Lipinski definition) is 7. The summed E-state index contributed by atoms with van der Waals surface area (Å²) in [5.74, 6) is 1.73. The molecule has 0 radical (unpaired) electrons. The molecule has 174 valence electrons. The Morgan fingerprint density at radius 3 is 2.78 bits per heavy atom. The van der Waals surface area contributed by atoms with Gasteiger partial charge in [-0.3, -0.25) is 14.5 Å². The predicted molar refractivity (Wildman–Crippen MR) is 117 cm³/mol. The second-order valence-corrected chi connectivity index (χ2v) is 8.09. The van der Waals surface area contributed by atoms with Crippen LogP contribution in [0.4, 0.5) is 0 Å². The summed E-state index contributed by atoms with van der Waals surface area (Å²) in [6.45, 7) is 2.03. The van der Waals surface area contributed by atoms with Crippen molar-refractivity contribution < 1.29 is 29.3 Å². The van der Waals surface area contributed by atoms with Gasteiger partial charge >= 0.3 is 0 Å². The molecule has 0 bridgehead atoms. The molecule has 2 fully saturated rings. The minimum Gasteiger partial charge on any atom is -0.508 e. The molecule has 2 aliphatic rings. The van der Waals surface area contributed by atoms with Gasteiger partial charge in [0, 0.05) is 51.7 Å². The highest BCUT2D eigenvalue weighted by molar-refractivity contribution is 5.76. The molecule has 2 aromatic rings. The van der Waals surface area contributed by atoms with Crippen molar-refractivity contribution in [3.05, 3.63) is 30.6 Å². The highest BCUT2D eigenvalue weighted by Crippen LogP contribution is 2.37. The fourth-order valence-corrected chi connectivity index (χ4v) is 4.31. The molecule has 0 aliphatic carbocycles. The number of nitrogens with zero attached hydrogens (tertiary/aromatic N) is 4. The van der Waals surface area contributed by atoms with Gasteiger partial charge in [-0.05, 0) is 24.6 Å². The lowest BCUT2D eigenvalue weighted by atomic mass is 10.1. The van der Waals surface area contributed by atoms with Crippen LogP contribution in [-0.2, 0) is 14.3 Å². The van der Waals surface area contributed by atoms with E-state index in [1.807, 2.05) is 6.20 Å². The Morgan fingerprint density at radius 1 is 1.34 bits per heavy atom. The van der Waals surface area contributed by atoms with Crippen LogP contribution in [0.3, 0.4) is 0 Å². The molecule has 2 saturated heterocycles. The van der Waals surface area contributed by atoms with E-state index in [1.165, 1.54) is 0 Å². The summed E-state index contributed by atoms with van der Waals surface area (Å²) in [6.07, 6.45) is 5.07.